The summed E-state index contributed by atoms with van der Waals surface area (Å²) in [7, 11) is 0. The molecule has 21 heavy (non-hydrogen) atoms. The van der Waals surface area contributed by atoms with Crippen LogP contribution >= 0.6 is 0 Å². The lowest BCUT2D eigenvalue weighted by Crippen LogP contribution is -2.12. The summed E-state index contributed by atoms with van der Waals surface area (Å²) in [5, 5.41) is 13.1. The van der Waals surface area contributed by atoms with Crippen molar-refractivity contribution in [1.82, 2.24) is 0 Å². The van der Waals surface area contributed by atoms with Crippen molar-refractivity contribution in [2.45, 2.75) is 19.4 Å². The molecule has 0 aliphatic heterocycles. The van der Waals surface area contributed by atoms with E-state index in [9.17, 15) is 9.50 Å². The van der Waals surface area contributed by atoms with Gasteiger partial charge in [-0.15, -0.1) is 0 Å². The van der Waals surface area contributed by atoms with Gasteiger partial charge in [-0.3, -0.25) is 0 Å². The van der Waals surface area contributed by atoms with Gasteiger partial charge in [-0.05, 0) is 48.4 Å². The summed E-state index contributed by atoms with van der Waals surface area (Å²) in [4.78, 5) is 0. The fraction of sp³-hybridized carbons (Fsp3) is 0.294. The van der Waals surface area contributed by atoms with Crippen molar-refractivity contribution in [3.05, 3.63) is 59.9 Å². The minimum Gasteiger partial charge on any atom is -0.494 e. The van der Waals surface area contributed by atoms with Crippen LogP contribution < -0.4 is 10.1 Å². The molecule has 0 amide bonds. The normalized spacial score (nSPS) is 12.0. The monoisotopic (exact) mass is 289 g/mol. The third-order valence-electron chi connectivity index (χ3n) is 3.06. The lowest BCUT2D eigenvalue weighted by atomic mass is 10.1. The molecule has 0 aliphatic rings. The number of aliphatic hydroxyl groups excluding tert-OH is 1. The Balaban J connectivity index is 1.87. The van der Waals surface area contributed by atoms with Crippen LogP contribution in [0.3, 0.4) is 0 Å². The largest absolute Gasteiger partial charge is 0.494 e. The Kier molecular flexibility index (Phi) is 5.58. The maximum absolute atomic E-state index is 13.1. The Morgan fingerprint density at radius 1 is 1.19 bits per heavy atom. The second-order valence-electron chi connectivity index (χ2n) is 4.82. The highest BCUT2D eigenvalue weighted by atomic mass is 19.1. The molecule has 0 spiro atoms. The molecular formula is C17H20FNO2. The molecule has 1 atom stereocenters. The summed E-state index contributed by atoms with van der Waals surface area (Å²) in [6.45, 7) is 3.08. The van der Waals surface area contributed by atoms with E-state index in [-0.39, 0.29) is 5.82 Å². The predicted octanol–water partition coefficient (Wildman–Crippen LogP) is 3.76. The van der Waals surface area contributed by atoms with Crippen LogP contribution in [-0.4, -0.2) is 18.3 Å². The van der Waals surface area contributed by atoms with Gasteiger partial charge in [0, 0.05) is 12.2 Å². The zero-order valence-electron chi connectivity index (χ0n) is 12.1. The van der Waals surface area contributed by atoms with Crippen LogP contribution in [0, 0.1) is 5.82 Å². The second-order valence-corrected chi connectivity index (χ2v) is 4.82. The molecule has 2 N–H and O–H groups in total. The molecule has 0 aromatic heterocycles. The van der Waals surface area contributed by atoms with Crippen LogP contribution in [0.2, 0.25) is 0 Å². The Morgan fingerprint density at radius 3 is 2.62 bits per heavy atom. The van der Waals surface area contributed by atoms with Gasteiger partial charge in [-0.2, -0.15) is 0 Å². The van der Waals surface area contributed by atoms with Crippen molar-refractivity contribution in [1.29, 1.82) is 0 Å². The van der Waals surface area contributed by atoms with Gasteiger partial charge in [0.25, 0.3) is 0 Å². The maximum Gasteiger partial charge on any atom is 0.123 e. The predicted molar refractivity (Wildman–Crippen MR) is 82.1 cm³/mol. The van der Waals surface area contributed by atoms with Crippen LogP contribution in [0.1, 0.15) is 25.0 Å². The van der Waals surface area contributed by atoms with Crippen LogP contribution in [0.15, 0.2) is 48.5 Å². The molecule has 2 rings (SSSR count). The molecule has 0 heterocycles. The Bertz CT molecular complexity index is 557. The van der Waals surface area contributed by atoms with Gasteiger partial charge >= 0.3 is 0 Å². The molecule has 0 saturated carbocycles. The minimum absolute atomic E-state index is 0.318. The number of nitrogens with one attached hydrogen (secondary N) is 1. The van der Waals surface area contributed by atoms with Crippen LogP contribution in [0.5, 0.6) is 5.75 Å². The lowest BCUT2D eigenvalue weighted by Gasteiger charge is -2.13. The first kappa shape index (κ1) is 15.3. The van der Waals surface area contributed by atoms with Gasteiger partial charge in [-0.1, -0.05) is 19.1 Å². The highest BCUT2D eigenvalue weighted by Gasteiger charge is 2.08. The fourth-order valence-corrected chi connectivity index (χ4v) is 1.94. The van der Waals surface area contributed by atoms with Crippen molar-refractivity contribution in [3.8, 4) is 5.75 Å². The SMILES string of the molecule is CCCOc1ccc(NCC(O)c2cccc(F)c2)cc1. The molecule has 2 aromatic rings. The maximum atomic E-state index is 13.1. The molecule has 0 aliphatic carbocycles. The molecule has 1 unspecified atom stereocenters. The average Bonchev–Trinajstić information content (AvgIpc) is 2.51. The van der Waals surface area contributed by atoms with Crippen LogP contribution in [0.4, 0.5) is 10.1 Å². The van der Waals surface area contributed by atoms with E-state index in [1.165, 1.54) is 12.1 Å². The Morgan fingerprint density at radius 2 is 1.95 bits per heavy atom. The quantitative estimate of drug-likeness (QED) is 0.815. The smallest absolute Gasteiger partial charge is 0.123 e. The standard InChI is InChI=1S/C17H20FNO2/c1-2-10-21-16-8-6-15(7-9-16)19-12-17(20)13-4-3-5-14(18)11-13/h3-9,11,17,19-20H,2,10,12H2,1H3. The summed E-state index contributed by atoms with van der Waals surface area (Å²) in [5.74, 6) is 0.483. The summed E-state index contributed by atoms with van der Waals surface area (Å²) < 4.78 is 18.6. The molecule has 112 valence electrons. The molecule has 0 fully saturated rings. The first-order chi connectivity index (χ1) is 10.2. The minimum atomic E-state index is -0.753. The molecule has 0 bridgehead atoms. The number of benzene rings is 2. The van der Waals surface area contributed by atoms with E-state index < -0.39 is 6.10 Å². The third-order valence-corrected chi connectivity index (χ3v) is 3.06. The molecule has 4 heteroatoms. The van der Waals surface area contributed by atoms with Gasteiger partial charge in [-0.25, -0.2) is 4.39 Å². The van der Waals surface area contributed by atoms with Gasteiger partial charge < -0.3 is 15.2 Å². The van der Waals surface area contributed by atoms with E-state index in [2.05, 4.69) is 12.2 Å². The summed E-state index contributed by atoms with van der Waals surface area (Å²) in [6, 6.07) is 13.5. The van der Waals surface area contributed by atoms with Gasteiger partial charge in [0.05, 0.1) is 12.7 Å². The molecule has 2 aromatic carbocycles. The van der Waals surface area contributed by atoms with Crippen LogP contribution in [0.25, 0.3) is 0 Å². The zero-order valence-corrected chi connectivity index (χ0v) is 12.1. The fourth-order valence-electron chi connectivity index (χ4n) is 1.94. The number of hydrogen-bond acceptors (Lipinski definition) is 3. The van der Waals surface area contributed by atoms with E-state index >= 15 is 0 Å². The van der Waals surface area contributed by atoms with Crippen LogP contribution in [-0.2, 0) is 0 Å². The summed E-state index contributed by atoms with van der Waals surface area (Å²) in [5.41, 5.74) is 1.44. The van der Waals surface area contributed by atoms with Crippen molar-refractivity contribution < 1.29 is 14.2 Å². The molecule has 0 radical (unpaired) electrons. The summed E-state index contributed by atoms with van der Waals surface area (Å²) >= 11 is 0. The number of hydrogen-bond donors (Lipinski definition) is 2. The van der Waals surface area contributed by atoms with Gasteiger partial charge in [0.15, 0.2) is 0 Å². The third kappa shape index (κ3) is 4.76. The summed E-state index contributed by atoms with van der Waals surface area (Å²) in [6.07, 6.45) is 0.219. The van der Waals surface area contributed by atoms with E-state index in [1.54, 1.807) is 12.1 Å². The molecule has 0 saturated heterocycles. The first-order valence-electron chi connectivity index (χ1n) is 7.09. The number of anilines is 1. The average molecular weight is 289 g/mol. The first-order valence-corrected chi connectivity index (χ1v) is 7.09. The topological polar surface area (TPSA) is 41.5 Å². The van der Waals surface area contributed by atoms with Gasteiger partial charge in [0.1, 0.15) is 11.6 Å². The van der Waals surface area contributed by atoms with E-state index in [1.807, 2.05) is 24.3 Å². The van der Waals surface area contributed by atoms with Crippen molar-refractivity contribution in [3.63, 3.8) is 0 Å². The second kappa shape index (κ2) is 7.64. The van der Waals surface area contributed by atoms with Crippen molar-refractivity contribution >= 4 is 5.69 Å². The van der Waals surface area contributed by atoms with E-state index in [0.29, 0.717) is 18.7 Å². The van der Waals surface area contributed by atoms with Crippen molar-refractivity contribution in [2.75, 3.05) is 18.5 Å². The number of ether oxygens (including phenoxy) is 1. The number of aliphatic hydroxyl groups is 1. The van der Waals surface area contributed by atoms with Gasteiger partial charge in [0.2, 0.25) is 0 Å². The van der Waals surface area contributed by atoms with E-state index in [0.717, 1.165) is 17.9 Å². The Labute approximate surface area is 124 Å². The number of rotatable bonds is 7. The highest BCUT2D eigenvalue weighted by molar-refractivity contribution is 5.46. The number of halogens is 1. The lowest BCUT2D eigenvalue weighted by molar-refractivity contribution is 0.191. The molecular weight excluding hydrogens is 269 g/mol. The van der Waals surface area contributed by atoms with Crippen molar-refractivity contribution in [2.24, 2.45) is 0 Å². The molecule has 3 nitrogen and oxygen atoms in total. The van der Waals surface area contributed by atoms with E-state index in [4.69, 9.17) is 4.74 Å². The highest BCUT2D eigenvalue weighted by Crippen LogP contribution is 2.18. The zero-order chi connectivity index (χ0) is 15.1. The Hall–Kier alpha value is -2.07.